The second kappa shape index (κ2) is 16.5. The van der Waals surface area contributed by atoms with Crippen molar-refractivity contribution in [3.63, 3.8) is 0 Å². The van der Waals surface area contributed by atoms with Crippen molar-refractivity contribution in [1.29, 1.82) is 0 Å². The number of aliphatic hydroxyl groups is 1. The van der Waals surface area contributed by atoms with Gasteiger partial charge in [-0.15, -0.1) is 0 Å². The number of carboxylic acids is 1. The summed E-state index contributed by atoms with van der Waals surface area (Å²) in [7, 11) is 5.49. The molecule has 0 saturated carbocycles. The van der Waals surface area contributed by atoms with Crippen LogP contribution in [-0.2, 0) is 9.59 Å². The van der Waals surface area contributed by atoms with Crippen LogP contribution in [0.2, 0.25) is 0 Å². The van der Waals surface area contributed by atoms with E-state index in [0.717, 1.165) is 12.8 Å². The van der Waals surface area contributed by atoms with E-state index in [4.69, 9.17) is 0 Å². The number of quaternary nitrogens is 1. The average molecular weight is 426 g/mol. The predicted molar refractivity (Wildman–Crippen MR) is 122 cm³/mol. The maximum Gasteiger partial charge on any atom is 0.177 e. The van der Waals surface area contributed by atoms with Gasteiger partial charge in [0.15, 0.2) is 11.4 Å². The van der Waals surface area contributed by atoms with Gasteiger partial charge >= 0.3 is 0 Å². The first-order valence-corrected chi connectivity index (χ1v) is 12.0. The molecule has 0 aromatic rings. The van der Waals surface area contributed by atoms with Crippen LogP contribution in [0.4, 0.5) is 0 Å². The summed E-state index contributed by atoms with van der Waals surface area (Å²) in [5.74, 6) is -1.75. The minimum Gasteiger partial charge on any atom is -0.550 e. The summed E-state index contributed by atoms with van der Waals surface area (Å²) in [5.41, 5.74) is -1.83. The van der Waals surface area contributed by atoms with Gasteiger partial charge in [-0.2, -0.15) is 0 Å². The molecule has 0 aromatic heterocycles. The summed E-state index contributed by atoms with van der Waals surface area (Å²) in [6.45, 7) is 2.30. The quantitative estimate of drug-likeness (QED) is 0.180. The zero-order valence-electron chi connectivity index (χ0n) is 20.1. The van der Waals surface area contributed by atoms with Crippen LogP contribution in [-0.4, -0.2) is 54.6 Å². The van der Waals surface area contributed by atoms with Crippen LogP contribution >= 0.6 is 0 Å². The first-order chi connectivity index (χ1) is 14.1. The normalized spacial score (nSPS) is 14.2. The van der Waals surface area contributed by atoms with Crippen molar-refractivity contribution in [2.75, 3.05) is 27.7 Å². The first-order valence-electron chi connectivity index (χ1n) is 12.0. The van der Waals surface area contributed by atoms with Crippen LogP contribution in [0.3, 0.4) is 0 Å². The molecule has 0 rings (SSSR count). The number of carbonyl (C=O) groups is 2. The van der Waals surface area contributed by atoms with Gasteiger partial charge in [-0.1, -0.05) is 76.9 Å². The summed E-state index contributed by atoms with van der Waals surface area (Å²) in [6.07, 6.45) is 19.5. The monoisotopic (exact) mass is 425 g/mol. The topological polar surface area (TPSA) is 77.4 Å². The maximum atomic E-state index is 12.5. The summed E-state index contributed by atoms with van der Waals surface area (Å²) < 4.78 is 0.324. The predicted octanol–water partition coefficient (Wildman–Crippen LogP) is 4.17. The molecule has 30 heavy (non-hydrogen) atoms. The number of likely N-dealkylation sites (N-methyl/N-ethyl adjacent to an activating group) is 1. The number of carboxylic acid groups (broad SMARTS) is 1. The number of unbranched alkanes of at least 4 members (excludes halogenated alkanes) is 11. The van der Waals surface area contributed by atoms with Crippen LogP contribution < -0.4 is 5.11 Å². The number of nitrogens with zero attached hydrogens (tertiary/aromatic N) is 1. The molecular weight excluding hydrogens is 378 g/mol. The molecular formula is C25H47NO4. The van der Waals surface area contributed by atoms with Crippen molar-refractivity contribution in [1.82, 2.24) is 0 Å². The molecule has 0 aliphatic carbocycles. The van der Waals surface area contributed by atoms with E-state index >= 15 is 0 Å². The van der Waals surface area contributed by atoms with Crippen LogP contribution in [0, 0.1) is 0 Å². The number of hydrogen-bond donors (Lipinski definition) is 1. The van der Waals surface area contributed by atoms with E-state index in [0.29, 0.717) is 10.9 Å². The Labute approximate surface area is 185 Å². The van der Waals surface area contributed by atoms with E-state index < -0.39 is 18.0 Å². The Morgan fingerprint density at radius 2 is 1.30 bits per heavy atom. The van der Waals surface area contributed by atoms with Gasteiger partial charge in [-0.05, 0) is 25.7 Å². The maximum absolute atomic E-state index is 12.5. The molecule has 0 amide bonds. The molecule has 0 fully saturated rings. The lowest BCUT2D eigenvalue weighted by molar-refractivity contribution is -0.875. The molecule has 1 N–H and O–H groups in total. The van der Waals surface area contributed by atoms with Gasteiger partial charge in [-0.25, -0.2) is 0 Å². The molecule has 1 unspecified atom stereocenters. The second-order valence-electron chi connectivity index (χ2n) is 9.79. The number of allylic oxidation sites excluding steroid dienone is 2. The molecule has 0 aliphatic rings. The number of rotatable bonds is 20. The Bertz CT molecular complexity index is 496. The minimum atomic E-state index is -1.83. The van der Waals surface area contributed by atoms with Gasteiger partial charge in [0.25, 0.3) is 0 Å². The number of hydrogen-bond acceptors (Lipinski definition) is 4. The van der Waals surface area contributed by atoms with E-state index in [1.807, 2.05) is 21.1 Å². The zero-order chi connectivity index (χ0) is 22.9. The average Bonchev–Trinajstić information content (AvgIpc) is 2.62. The Morgan fingerprint density at radius 3 is 1.77 bits per heavy atom. The number of ketones is 1. The van der Waals surface area contributed by atoms with Crippen molar-refractivity contribution in [2.24, 2.45) is 0 Å². The SMILES string of the molecule is CCCC/C=C\CCCCCCCCCCCC(=O)C(O)(CC(=O)[O-])C[N+](C)(C)C. The molecule has 0 bridgehead atoms. The lowest BCUT2D eigenvalue weighted by atomic mass is 9.89. The van der Waals surface area contributed by atoms with Crippen molar-refractivity contribution >= 4 is 11.8 Å². The number of carbonyl (C=O) groups excluding carboxylic acids is 2. The van der Waals surface area contributed by atoms with Gasteiger partial charge in [0.2, 0.25) is 0 Å². The Hall–Kier alpha value is -1.20. The van der Waals surface area contributed by atoms with E-state index in [1.54, 1.807) is 0 Å². The van der Waals surface area contributed by atoms with Crippen molar-refractivity contribution in [3.8, 4) is 0 Å². The van der Waals surface area contributed by atoms with E-state index in [1.165, 1.54) is 64.2 Å². The standard InChI is InChI=1S/C25H47NO4/c1-5-6-7-8-9-10-11-12-13-14-15-16-17-18-19-20-23(27)25(30,21-24(28)29)22-26(2,3)4/h8-9,30H,5-7,10-22H2,1-4H3/b9-8-. The molecule has 176 valence electrons. The molecule has 5 heteroatoms. The second-order valence-corrected chi connectivity index (χ2v) is 9.79. The van der Waals surface area contributed by atoms with Crippen molar-refractivity contribution < 1.29 is 24.3 Å². The molecule has 0 heterocycles. The van der Waals surface area contributed by atoms with Crippen LogP contribution in [0.15, 0.2) is 12.2 Å². The van der Waals surface area contributed by atoms with Crippen LogP contribution in [0.5, 0.6) is 0 Å². The first kappa shape index (κ1) is 28.8. The lowest BCUT2D eigenvalue weighted by Gasteiger charge is -2.34. The molecule has 1 atom stereocenters. The Morgan fingerprint density at radius 1 is 0.833 bits per heavy atom. The third-order valence-corrected chi connectivity index (χ3v) is 5.36. The summed E-state index contributed by atoms with van der Waals surface area (Å²) in [5, 5.41) is 21.6. The van der Waals surface area contributed by atoms with Gasteiger partial charge in [0, 0.05) is 18.8 Å². The molecule has 0 radical (unpaired) electrons. The largest absolute Gasteiger partial charge is 0.550 e. The highest BCUT2D eigenvalue weighted by molar-refractivity contribution is 5.90. The smallest absolute Gasteiger partial charge is 0.177 e. The highest BCUT2D eigenvalue weighted by atomic mass is 16.4. The zero-order valence-corrected chi connectivity index (χ0v) is 20.1. The Kier molecular flexibility index (Phi) is 15.8. The number of Topliss-reactive ketones (excluding diaryl/α,β-unsaturated/α-hetero) is 1. The van der Waals surface area contributed by atoms with E-state index in [9.17, 15) is 19.8 Å². The van der Waals surface area contributed by atoms with Crippen molar-refractivity contribution in [3.05, 3.63) is 12.2 Å². The highest BCUT2D eigenvalue weighted by Gasteiger charge is 2.40. The fourth-order valence-electron chi connectivity index (χ4n) is 3.84. The summed E-state index contributed by atoms with van der Waals surface area (Å²) >= 11 is 0. The fourth-order valence-corrected chi connectivity index (χ4v) is 3.84. The van der Waals surface area contributed by atoms with E-state index in [2.05, 4.69) is 19.1 Å². The van der Waals surface area contributed by atoms with Gasteiger partial charge in [0.1, 0.15) is 6.54 Å². The molecule has 0 aromatic carbocycles. The molecule has 0 aliphatic heterocycles. The molecule has 0 spiro atoms. The van der Waals surface area contributed by atoms with Crippen molar-refractivity contribution in [2.45, 2.75) is 109 Å². The van der Waals surface area contributed by atoms with Crippen LogP contribution in [0.25, 0.3) is 0 Å². The molecule has 5 nitrogen and oxygen atoms in total. The minimum absolute atomic E-state index is 0.0777. The summed E-state index contributed by atoms with van der Waals surface area (Å²) in [4.78, 5) is 23.4. The lowest BCUT2D eigenvalue weighted by Crippen LogP contribution is -2.56. The van der Waals surface area contributed by atoms with Gasteiger partial charge in [-0.3, -0.25) is 4.79 Å². The van der Waals surface area contributed by atoms with Gasteiger partial charge < -0.3 is 19.5 Å². The van der Waals surface area contributed by atoms with Gasteiger partial charge in [0.05, 0.1) is 21.1 Å². The number of aliphatic carboxylic acids is 1. The van der Waals surface area contributed by atoms with Crippen LogP contribution in [0.1, 0.15) is 103 Å². The third-order valence-electron chi connectivity index (χ3n) is 5.36. The summed E-state index contributed by atoms with van der Waals surface area (Å²) in [6, 6.07) is 0. The Balaban J connectivity index is 3.80. The van der Waals surface area contributed by atoms with E-state index in [-0.39, 0.29) is 18.7 Å². The molecule has 0 saturated heterocycles. The third kappa shape index (κ3) is 16.6. The fraction of sp³-hybridized carbons (Fsp3) is 0.840. The highest BCUT2D eigenvalue weighted by Crippen LogP contribution is 2.20.